The second kappa shape index (κ2) is 7.38. The number of esters is 2. The van der Waals surface area contributed by atoms with E-state index in [9.17, 15) is 14.4 Å². The van der Waals surface area contributed by atoms with E-state index in [2.05, 4.69) is 0 Å². The van der Waals surface area contributed by atoms with Crippen molar-refractivity contribution in [2.45, 2.75) is 47.0 Å². The van der Waals surface area contributed by atoms with Crippen molar-refractivity contribution in [1.82, 2.24) is 4.90 Å². The quantitative estimate of drug-likeness (QED) is 0.455. The third kappa shape index (κ3) is 7.06. The van der Waals surface area contributed by atoms with Crippen LogP contribution in [-0.2, 0) is 19.1 Å². The van der Waals surface area contributed by atoms with Crippen LogP contribution in [0, 0.1) is 11.3 Å². The van der Waals surface area contributed by atoms with Crippen molar-refractivity contribution >= 4 is 17.8 Å². The Bertz CT molecular complexity index is 426. The Morgan fingerprint density at radius 1 is 1.19 bits per heavy atom. The molecule has 1 rings (SSSR count). The molecule has 0 bridgehead atoms. The van der Waals surface area contributed by atoms with Gasteiger partial charge < -0.3 is 9.64 Å². The van der Waals surface area contributed by atoms with Gasteiger partial charge in [-0.1, -0.05) is 26.8 Å². The van der Waals surface area contributed by atoms with Gasteiger partial charge in [-0.25, -0.2) is 4.79 Å². The van der Waals surface area contributed by atoms with Crippen molar-refractivity contribution in [3.05, 3.63) is 12.2 Å². The number of hydrogen-bond acceptors (Lipinski definition) is 4. The topological polar surface area (TPSA) is 63.7 Å². The molecule has 0 saturated carbocycles. The van der Waals surface area contributed by atoms with Gasteiger partial charge in [0.05, 0.1) is 6.42 Å². The van der Waals surface area contributed by atoms with E-state index in [-0.39, 0.29) is 23.7 Å². The molecule has 1 aliphatic rings. The summed E-state index contributed by atoms with van der Waals surface area (Å²) < 4.78 is 4.75. The highest BCUT2D eigenvalue weighted by molar-refractivity contribution is 5.92. The van der Waals surface area contributed by atoms with Crippen LogP contribution >= 0.6 is 0 Å². The Morgan fingerprint density at radius 2 is 1.76 bits per heavy atom. The third-order valence-electron chi connectivity index (χ3n) is 3.38. The number of hydrogen-bond donors (Lipinski definition) is 0. The molecule has 0 aliphatic carbocycles. The first-order valence-electron chi connectivity index (χ1n) is 7.36. The minimum atomic E-state index is -0.613. The average Bonchev–Trinajstić information content (AvgIpc) is 2.34. The van der Waals surface area contributed by atoms with E-state index < -0.39 is 11.9 Å². The SMILES string of the molecule is CC(=O)N1CCC(/C=C/C(=O)OC(=O)CC(C)(C)C)CC1. The number of carbonyl (C=O) groups is 3. The van der Waals surface area contributed by atoms with E-state index in [1.54, 1.807) is 17.9 Å². The molecule has 0 unspecified atom stereocenters. The lowest BCUT2D eigenvalue weighted by Gasteiger charge is -2.29. The highest BCUT2D eigenvalue weighted by Gasteiger charge is 2.20. The molecule has 1 heterocycles. The molecule has 1 saturated heterocycles. The molecule has 21 heavy (non-hydrogen) atoms. The Balaban J connectivity index is 2.35. The van der Waals surface area contributed by atoms with Crippen LogP contribution in [0.5, 0.6) is 0 Å². The number of carbonyl (C=O) groups excluding carboxylic acids is 3. The second-order valence-corrected chi connectivity index (χ2v) is 6.73. The molecule has 0 aromatic heterocycles. The van der Waals surface area contributed by atoms with Crippen LogP contribution in [-0.4, -0.2) is 35.8 Å². The standard InChI is InChI=1S/C16H25NO4/c1-12(18)17-9-7-13(8-10-17)5-6-14(19)21-15(20)11-16(2,3)4/h5-6,13H,7-11H2,1-4H3/b6-5+. The zero-order valence-corrected chi connectivity index (χ0v) is 13.3. The number of allylic oxidation sites excluding steroid dienone is 1. The van der Waals surface area contributed by atoms with Crippen LogP contribution < -0.4 is 0 Å². The lowest BCUT2D eigenvalue weighted by Crippen LogP contribution is -2.36. The van der Waals surface area contributed by atoms with E-state index in [1.165, 1.54) is 6.08 Å². The number of ether oxygens (including phenoxy) is 1. The minimum Gasteiger partial charge on any atom is -0.390 e. The highest BCUT2D eigenvalue weighted by Crippen LogP contribution is 2.20. The number of rotatable bonds is 3. The van der Waals surface area contributed by atoms with Crippen LogP contribution in [0.2, 0.25) is 0 Å². The summed E-state index contributed by atoms with van der Waals surface area (Å²) in [4.78, 5) is 36.1. The van der Waals surface area contributed by atoms with Crippen LogP contribution in [0.3, 0.4) is 0 Å². The maximum Gasteiger partial charge on any atom is 0.338 e. The zero-order valence-electron chi connectivity index (χ0n) is 13.3. The fourth-order valence-electron chi connectivity index (χ4n) is 2.24. The van der Waals surface area contributed by atoms with Crippen molar-refractivity contribution in [3.8, 4) is 0 Å². The van der Waals surface area contributed by atoms with E-state index in [1.807, 2.05) is 20.8 Å². The van der Waals surface area contributed by atoms with Gasteiger partial charge in [0.25, 0.3) is 0 Å². The van der Waals surface area contributed by atoms with Gasteiger partial charge in [-0.2, -0.15) is 0 Å². The molecule has 0 aromatic carbocycles. The normalized spacial score (nSPS) is 17.0. The zero-order chi connectivity index (χ0) is 16.0. The minimum absolute atomic E-state index is 0.0876. The van der Waals surface area contributed by atoms with Crippen LogP contribution in [0.4, 0.5) is 0 Å². The molecule has 5 nitrogen and oxygen atoms in total. The smallest absolute Gasteiger partial charge is 0.338 e. The monoisotopic (exact) mass is 295 g/mol. The first-order chi connectivity index (χ1) is 9.67. The molecular formula is C16H25NO4. The predicted octanol–water partition coefficient (Wildman–Crippen LogP) is 2.31. The number of likely N-dealkylation sites (tertiary alicyclic amines) is 1. The fourth-order valence-corrected chi connectivity index (χ4v) is 2.24. The van der Waals surface area contributed by atoms with E-state index in [0.717, 1.165) is 12.8 Å². The molecule has 0 radical (unpaired) electrons. The summed E-state index contributed by atoms with van der Waals surface area (Å²) in [5, 5.41) is 0. The first-order valence-corrected chi connectivity index (χ1v) is 7.36. The van der Waals surface area contributed by atoms with Crippen molar-refractivity contribution in [3.63, 3.8) is 0 Å². The maximum atomic E-state index is 11.6. The molecule has 5 heteroatoms. The van der Waals surface area contributed by atoms with Crippen molar-refractivity contribution in [1.29, 1.82) is 0 Å². The molecule has 1 aliphatic heterocycles. The Labute approximate surface area is 126 Å². The van der Waals surface area contributed by atoms with Gasteiger partial charge in [-0.15, -0.1) is 0 Å². The van der Waals surface area contributed by atoms with Gasteiger partial charge in [-0.05, 0) is 24.2 Å². The van der Waals surface area contributed by atoms with E-state index in [4.69, 9.17) is 4.74 Å². The lowest BCUT2D eigenvalue weighted by molar-refractivity contribution is -0.157. The van der Waals surface area contributed by atoms with E-state index >= 15 is 0 Å². The maximum absolute atomic E-state index is 11.6. The summed E-state index contributed by atoms with van der Waals surface area (Å²) in [5.74, 6) is -0.766. The molecule has 1 amide bonds. The number of piperidine rings is 1. The molecular weight excluding hydrogens is 270 g/mol. The first kappa shape index (κ1) is 17.4. The van der Waals surface area contributed by atoms with Gasteiger partial charge in [-0.3, -0.25) is 9.59 Å². The molecule has 1 fully saturated rings. The van der Waals surface area contributed by atoms with Crippen molar-refractivity contribution < 1.29 is 19.1 Å². The largest absolute Gasteiger partial charge is 0.390 e. The van der Waals surface area contributed by atoms with E-state index in [0.29, 0.717) is 13.1 Å². The average molecular weight is 295 g/mol. The molecule has 0 N–H and O–H groups in total. The Kier molecular flexibility index (Phi) is 6.12. The number of nitrogens with zero attached hydrogens (tertiary/aromatic N) is 1. The van der Waals surface area contributed by atoms with Gasteiger partial charge in [0.2, 0.25) is 5.91 Å². The fraction of sp³-hybridized carbons (Fsp3) is 0.688. The lowest BCUT2D eigenvalue weighted by atomic mass is 9.92. The molecule has 0 atom stereocenters. The van der Waals surface area contributed by atoms with Crippen LogP contribution in [0.15, 0.2) is 12.2 Å². The van der Waals surface area contributed by atoms with Crippen molar-refractivity contribution in [2.75, 3.05) is 13.1 Å². The van der Waals surface area contributed by atoms with Gasteiger partial charge >= 0.3 is 11.9 Å². The summed E-state index contributed by atoms with van der Waals surface area (Å²) in [7, 11) is 0. The van der Waals surface area contributed by atoms with Gasteiger partial charge in [0.15, 0.2) is 0 Å². The Hall–Kier alpha value is -1.65. The highest BCUT2D eigenvalue weighted by atomic mass is 16.6. The number of amides is 1. The Morgan fingerprint density at radius 3 is 2.24 bits per heavy atom. The third-order valence-corrected chi connectivity index (χ3v) is 3.38. The summed E-state index contributed by atoms with van der Waals surface area (Å²) in [5.41, 5.74) is -0.194. The van der Waals surface area contributed by atoms with Crippen molar-refractivity contribution in [2.24, 2.45) is 11.3 Å². The summed E-state index contributed by atoms with van der Waals surface area (Å²) >= 11 is 0. The van der Waals surface area contributed by atoms with Gasteiger partial charge in [0, 0.05) is 26.1 Å². The summed E-state index contributed by atoms with van der Waals surface area (Å²) in [6.45, 7) is 8.73. The summed E-state index contributed by atoms with van der Waals surface area (Å²) in [6.07, 6.45) is 4.99. The summed E-state index contributed by atoms with van der Waals surface area (Å²) in [6, 6.07) is 0. The van der Waals surface area contributed by atoms with Crippen LogP contribution in [0.25, 0.3) is 0 Å². The van der Waals surface area contributed by atoms with Gasteiger partial charge in [0.1, 0.15) is 0 Å². The van der Waals surface area contributed by atoms with Crippen LogP contribution in [0.1, 0.15) is 47.0 Å². The molecule has 0 spiro atoms. The predicted molar refractivity (Wildman–Crippen MR) is 79.3 cm³/mol. The molecule has 118 valence electrons. The second-order valence-electron chi connectivity index (χ2n) is 6.73. The molecule has 0 aromatic rings.